The Labute approximate surface area is 115 Å². The largest absolute Gasteiger partial charge is 0.470 e. The highest BCUT2D eigenvalue weighted by molar-refractivity contribution is 5.53. The van der Waals surface area contributed by atoms with E-state index in [1.165, 1.54) is 0 Å². The van der Waals surface area contributed by atoms with Gasteiger partial charge in [-0.2, -0.15) is 4.98 Å². The van der Waals surface area contributed by atoms with E-state index in [4.69, 9.17) is 15.2 Å². The lowest BCUT2D eigenvalue weighted by atomic mass is 10.2. The Morgan fingerprint density at radius 3 is 2.63 bits per heavy atom. The molecule has 0 radical (unpaired) electrons. The average molecular weight is 267 g/mol. The van der Waals surface area contributed by atoms with Crippen LogP contribution in [0.5, 0.6) is 5.88 Å². The second kappa shape index (κ2) is 7.19. The predicted octanol–water partition coefficient (Wildman–Crippen LogP) is 2.68. The molecule has 0 aliphatic heterocycles. The molecule has 0 unspecified atom stereocenters. The average Bonchev–Trinajstić information content (AvgIpc) is 2.31. The van der Waals surface area contributed by atoms with Crippen molar-refractivity contribution in [1.29, 1.82) is 0 Å². The lowest BCUT2D eigenvalue weighted by Gasteiger charge is -2.21. The van der Waals surface area contributed by atoms with Crippen molar-refractivity contribution >= 4 is 11.5 Å². The van der Waals surface area contributed by atoms with Crippen molar-refractivity contribution in [2.24, 2.45) is 0 Å². The zero-order valence-corrected chi connectivity index (χ0v) is 12.3. The number of hydrogen-bond acceptors (Lipinski definition) is 5. The summed E-state index contributed by atoms with van der Waals surface area (Å²) in [6.07, 6.45) is 2.07. The van der Waals surface area contributed by atoms with Crippen LogP contribution in [-0.4, -0.2) is 30.8 Å². The molecule has 0 aromatic carbocycles. The Morgan fingerprint density at radius 2 is 2.00 bits per heavy atom. The van der Waals surface area contributed by atoms with Crippen LogP contribution in [0.1, 0.15) is 33.6 Å². The summed E-state index contributed by atoms with van der Waals surface area (Å²) in [5, 5.41) is 3.25. The van der Waals surface area contributed by atoms with Crippen molar-refractivity contribution in [3.63, 3.8) is 0 Å². The van der Waals surface area contributed by atoms with Gasteiger partial charge in [0.05, 0.1) is 5.69 Å². The van der Waals surface area contributed by atoms with Gasteiger partial charge in [-0.3, -0.25) is 0 Å². The summed E-state index contributed by atoms with van der Waals surface area (Å²) in [7, 11) is 1.71. The highest BCUT2D eigenvalue weighted by Crippen LogP contribution is 2.24. The van der Waals surface area contributed by atoms with E-state index in [2.05, 4.69) is 10.3 Å². The maximum atomic E-state index is 5.86. The molecule has 3 N–H and O–H groups in total. The highest BCUT2D eigenvalue weighted by atomic mass is 16.5. The molecule has 0 fully saturated rings. The van der Waals surface area contributed by atoms with E-state index in [1.54, 1.807) is 7.11 Å². The maximum Gasteiger partial charge on any atom is 0.239 e. The predicted molar refractivity (Wildman–Crippen MR) is 78.6 cm³/mol. The highest BCUT2D eigenvalue weighted by Gasteiger charge is 2.15. The molecule has 5 nitrogen and oxygen atoms in total. The number of rotatable bonds is 7. The number of unbranched alkanes of at least 4 members (excludes halogenated alkanes) is 1. The van der Waals surface area contributed by atoms with Crippen molar-refractivity contribution in [3.05, 3.63) is 12.1 Å². The third-order valence-corrected chi connectivity index (χ3v) is 2.37. The Morgan fingerprint density at radius 1 is 1.26 bits per heavy atom. The second-order valence-electron chi connectivity index (χ2n) is 5.43. The molecule has 0 bridgehead atoms. The van der Waals surface area contributed by atoms with Crippen molar-refractivity contribution in [3.8, 4) is 5.88 Å². The molecule has 1 heterocycles. The first kappa shape index (κ1) is 15.6. The van der Waals surface area contributed by atoms with E-state index in [1.807, 2.05) is 32.9 Å². The molecule has 19 heavy (non-hydrogen) atoms. The molecule has 1 rings (SSSR count). The molecule has 5 heteroatoms. The van der Waals surface area contributed by atoms with Crippen LogP contribution in [0, 0.1) is 0 Å². The third-order valence-electron chi connectivity index (χ3n) is 2.37. The smallest absolute Gasteiger partial charge is 0.239 e. The van der Waals surface area contributed by atoms with E-state index in [9.17, 15) is 0 Å². The van der Waals surface area contributed by atoms with Crippen molar-refractivity contribution < 1.29 is 9.47 Å². The second-order valence-corrected chi connectivity index (χ2v) is 5.43. The number of nitrogens with one attached hydrogen (secondary N) is 1. The molecule has 0 amide bonds. The molecule has 0 saturated carbocycles. The van der Waals surface area contributed by atoms with Crippen LogP contribution in [-0.2, 0) is 4.74 Å². The SMILES string of the molecule is COCCCCNc1ccc(N)c(OC(C)(C)C)n1. The van der Waals surface area contributed by atoms with E-state index in [0.717, 1.165) is 31.8 Å². The fraction of sp³-hybridized carbons (Fsp3) is 0.643. The van der Waals surface area contributed by atoms with Crippen LogP contribution < -0.4 is 15.8 Å². The first-order chi connectivity index (χ1) is 8.92. The van der Waals surface area contributed by atoms with E-state index >= 15 is 0 Å². The summed E-state index contributed by atoms with van der Waals surface area (Å²) in [6.45, 7) is 7.56. The Kier molecular flexibility index (Phi) is 5.89. The van der Waals surface area contributed by atoms with Crippen LogP contribution in [0.25, 0.3) is 0 Å². The van der Waals surface area contributed by atoms with Crippen LogP contribution in [0.3, 0.4) is 0 Å². The number of nitrogens with two attached hydrogens (primary N) is 1. The number of methoxy groups -OCH3 is 1. The number of nitrogen functional groups attached to an aromatic ring is 1. The fourth-order valence-corrected chi connectivity index (χ4v) is 1.51. The summed E-state index contributed by atoms with van der Waals surface area (Å²) < 4.78 is 10.7. The van der Waals surface area contributed by atoms with Crippen molar-refractivity contribution in [2.45, 2.75) is 39.2 Å². The third kappa shape index (κ3) is 6.29. The molecule has 0 atom stereocenters. The van der Waals surface area contributed by atoms with Gasteiger partial charge >= 0.3 is 0 Å². The monoisotopic (exact) mass is 267 g/mol. The van der Waals surface area contributed by atoms with Gasteiger partial charge in [0.25, 0.3) is 0 Å². The van der Waals surface area contributed by atoms with Gasteiger partial charge in [0.1, 0.15) is 11.4 Å². The van der Waals surface area contributed by atoms with E-state index in [0.29, 0.717) is 11.6 Å². The number of anilines is 2. The Balaban J connectivity index is 2.53. The summed E-state index contributed by atoms with van der Waals surface area (Å²) >= 11 is 0. The van der Waals surface area contributed by atoms with Gasteiger partial charge in [-0.15, -0.1) is 0 Å². The number of ether oxygens (including phenoxy) is 2. The molecule has 0 aliphatic carbocycles. The number of aromatic nitrogens is 1. The normalized spacial score (nSPS) is 11.4. The van der Waals surface area contributed by atoms with Crippen LogP contribution >= 0.6 is 0 Å². The number of nitrogens with zero attached hydrogens (tertiary/aromatic N) is 1. The molecule has 0 spiro atoms. The summed E-state index contributed by atoms with van der Waals surface area (Å²) in [5.41, 5.74) is 6.11. The van der Waals surface area contributed by atoms with Crippen molar-refractivity contribution in [1.82, 2.24) is 4.98 Å². The maximum absolute atomic E-state index is 5.86. The zero-order chi connectivity index (χ0) is 14.3. The zero-order valence-electron chi connectivity index (χ0n) is 12.3. The first-order valence-electron chi connectivity index (χ1n) is 6.61. The van der Waals surface area contributed by atoms with Gasteiger partial charge in [0.2, 0.25) is 5.88 Å². The Bertz CT molecular complexity index is 389. The van der Waals surface area contributed by atoms with Crippen LogP contribution in [0.2, 0.25) is 0 Å². The summed E-state index contributed by atoms with van der Waals surface area (Å²) in [6, 6.07) is 3.67. The molecular weight excluding hydrogens is 242 g/mol. The molecule has 108 valence electrons. The lowest BCUT2D eigenvalue weighted by molar-refractivity contribution is 0.125. The summed E-state index contributed by atoms with van der Waals surface area (Å²) in [5.74, 6) is 1.26. The van der Waals surface area contributed by atoms with Gasteiger partial charge < -0.3 is 20.5 Å². The summed E-state index contributed by atoms with van der Waals surface area (Å²) in [4.78, 5) is 4.39. The van der Waals surface area contributed by atoms with Gasteiger partial charge in [0.15, 0.2) is 0 Å². The Hall–Kier alpha value is -1.49. The minimum Gasteiger partial charge on any atom is -0.470 e. The van der Waals surface area contributed by atoms with Crippen LogP contribution in [0.15, 0.2) is 12.1 Å². The number of hydrogen-bond donors (Lipinski definition) is 2. The first-order valence-corrected chi connectivity index (χ1v) is 6.61. The standard InChI is InChI=1S/C14H25N3O2/c1-14(2,3)19-13-11(15)7-8-12(17-13)16-9-5-6-10-18-4/h7-8H,5-6,9-10,15H2,1-4H3,(H,16,17). The van der Waals surface area contributed by atoms with Crippen molar-refractivity contribution in [2.75, 3.05) is 31.3 Å². The molecule has 1 aromatic heterocycles. The molecular formula is C14H25N3O2. The fourth-order valence-electron chi connectivity index (χ4n) is 1.51. The van der Waals surface area contributed by atoms with Gasteiger partial charge in [0, 0.05) is 20.3 Å². The van der Waals surface area contributed by atoms with Crippen LogP contribution in [0.4, 0.5) is 11.5 Å². The minimum absolute atomic E-state index is 0.307. The molecule has 0 aliphatic rings. The van der Waals surface area contributed by atoms with Gasteiger partial charge in [-0.25, -0.2) is 0 Å². The minimum atomic E-state index is -0.307. The lowest BCUT2D eigenvalue weighted by Crippen LogP contribution is -2.24. The van der Waals surface area contributed by atoms with Gasteiger partial charge in [-0.05, 0) is 45.7 Å². The van der Waals surface area contributed by atoms with Gasteiger partial charge in [-0.1, -0.05) is 0 Å². The topological polar surface area (TPSA) is 69.4 Å². The quantitative estimate of drug-likeness (QED) is 0.743. The number of pyridine rings is 1. The van der Waals surface area contributed by atoms with E-state index in [-0.39, 0.29) is 5.60 Å². The van der Waals surface area contributed by atoms with E-state index < -0.39 is 0 Å². The molecule has 1 aromatic rings. The molecule has 0 saturated heterocycles.